The summed E-state index contributed by atoms with van der Waals surface area (Å²) in [5.74, 6) is 0.304. The molecule has 0 spiro atoms. The highest BCUT2D eigenvalue weighted by molar-refractivity contribution is 7.79. The van der Waals surface area contributed by atoms with E-state index in [0.29, 0.717) is 6.42 Å². The Hall–Kier alpha value is -2.79. The van der Waals surface area contributed by atoms with Crippen LogP contribution >= 0.6 is 11.3 Å². The predicted octanol–water partition coefficient (Wildman–Crippen LogP) is 4.75. The number of benzene rings is 2. The first kappa shape index (κ1) is 23.9. The van der Waals surface area contributed by atoms with E-state index in [1.165, 1.54) is 21.2 Å². The van der Waals surface area contributed by atoms with E-state index in [1.54, 1.807) is 11.3 Å². The molecule has 2 aromatic heterocycles. The molecule has 0 aliphatic heterocycles. The predicted molar refractivity (Wildman–Crippen MR) is 125 cm³/mol. The second-order valence-electron chi connectivity index (χ2n) is 7.36. The van der Waals surface area contributed by atoms with Crippen LogP contribution in [-0.2, 0) is 28.2 Å². The third kappa shape index (κ3) is 6.36. The van der Waals surface area contributed by atoms with Crippen LogP contribution < -0.4 is 0 Å². The number of unbranched alkanes of at least 4 members (excludes halogenated alkanes) is 1. The Morgan fingerprint density at radius 2 is 1.81 bits per heavy atom. The van der Waals surface area contributed by atoms with E-state index in [9.17, 15) is 4.79 Å². The first-order valence-corrected chi connectivity index (χ1v) is 12.2. The Morgan fingerprint density at radius 1 is 1.09 bits per heavy atom. The fraction of sp³-hybridized carbons (Fsp3) is 0.273. The summed E-state index contributed by atoms with van der Waals surface area (Å²) in [5, 5.41) is 12.5. The lowest BCUT2D eigenvalue weighted by Gasteiger charge is -2.10. The highest BCUT2D eigenvalue weighted by Crippen LogP contribution is 2.30. The lowest BCUT2D eigenvalue weighted by Crippen LogP contribution is -2.06. The zero-order chi connectivity index (χ0) is 23.3. The second-order valence-corrected chi connectivity index (χ2v) is 9.17. The van der Waals surface area contributed by atoms with E-state index < -0.39 is 16.4 Å². The van der Waals surface area contributed by atoms with Gasteiger partial charge in [-0.1, -0.05) is 24.3 Å². The summed E-state index contributed by atoms with van der Waals surface area (Å²) in [4.78, 5) is 15.6. The van der Waals surface area contributed by atoms with Crippen molar-refractivity contribution in [2.45, 2.75) is 39.2 Å². The number of carboxylic acids is 1. The highest BCUT2D eigenvalue weighted by atomic mass is 32.3. The zero-order valence-electron chi connectivity index (χ0n) is 17.4. The van der Waals surface area contributed by atoms with Gasteiger partial charge in [-0.05, 0) is 54.5 Å². The van der Waals surface area contributed by atoms with E-state index in [-0.39, 0.29) is 6.42 Å². The molecule has 0 atom stereocenters. The van der Waals surface area contributed by atoms with Gasteiger partial charge < -0.3 is 9.67 Å². The summed E-state index contributed by atoms with van der Waals surface area (Å²) in [5.41, 5.74) is 4.76. The van der Waals surface area contributed by atoms with Crippen LogP contribution in [0, 0.1) is 6.92 Å². The van der Waals surface area contributed by atoms with Gasteiger partial charge in [-0.15, -0.1) is 11.3 Å². The van der Waals surface area contributed by atoms with E-state index in [0.717, 1.165) is 36.2 Å². The molecule has 4 aromatic rings. The van der Waals surface area contributed by atoms with Gasteiger partial charge in [0.25, 0.3) is 0 Å². The smallest absolute Gasteiger partial charge is 0.394 e. The summed E-state index contributed by atoms with van der Waals surface area (Å²) in [6.45, 7) is 2.96. The standard InChI is InChI=1S/C22H22N2O2S.H2O4S/c1-15-7-6-10-19-22(15)16(14-27-19)13-24-18-9-3-2-8-17(18)23-20(24)11-4-5-12-21(25)26;1-5(2,3)4/h2-3,6-10,14H,4-5,11-13H2,1H3,(H,25,26);(H2,1,2,3,4). The number of rotatable bonds is 7. The molecule has 2 heterocycles. The summed E-state index contributed by atoms with van der Waals surface area (Å²) in [6, 6.07) is 14.7. The SMILES string of the molecule is Cc1cccc2scc(Cn3c(CCCCC(=O)O)nc4ccccc43)c12.O=S(=O)(O)O. The van der Waals surface area contributed by atoms with Crippen LogP contribution in [0.3, 0.4) is 0 Å². The third-order valence-corrected chi connectivity index (χ3v) is 5.98. The average Bonchev–Trinajstić information content (AvgIpc) is 3.27. The molecular weight excluding hydrogens is 452 g/mol. The number of aryl methyl sites for hydroxylation is 2. The van der Waals surface area contributed by atoms with E-state index >= 15 is 0 Å². The Balaban J connectivity index is 0.000000523. The van der Waals surface area contributed by atoms with Crippen LogP contribution in [0.5, 0.6) is 0 Å². The molecule has 2 aromatic carbocycles. The maximum absolute atomic E-state index is 10.8. The quantitative estimate of drug-likeness (QED) is 0.259. The summed E-state index contributed by atoms with van der Waals surface area (Å²) >= 11 is 1.79. The summed E-state index contributed by atoms with van der Waals surface area (Å²) in [7, 11) is -4.67. The van der Waals surface area contributed by atoms with Crippen LogP contribution in [0.25, 0.3) is 21.1 Å². The number of fused-ring (bicyclic) bond motifs is 2. The van der Waals surface area contributed by atoms with Crippen molar-refractivity contribution in [2.24, 2.45) is 0 Å². The molecule has 0 radical (unpaired) electrons. The maximum Gasteiger partial charge on any atom is 0.394 e. The Morgan fingerprint density at radius 3 is 2.53 bits per heavy atom. The third-order valence-electron chi connectivity index (χ3n) is 4.99. The summed E-state index contributed by atoms with van der Waals surface area (Å²) in [6.07, 6.45) is 2.52. The van der Waals surface area contributed by atoms with Crippen LogP contribution in [0.15, 0.2) is 47.8 Å². The van der Waals surface area contributed by atoms with Crippen LogP contribution in [0.4, 0.5) is 0 Å². The van der Waals surface area contributed by atoms with Gasteiger partial charge >= 0.3 is 16.4 Å². The Bertz CT molecular complexity index is 1330. The largest absolute Gasteiger partial charge is 0.481 e. The van der Waals surface area contributed by atoms with Gasteiger partial charge in [-0.3, -0.25) is 13.9 Å². The zero-order valence-corrected chi connectivity index (χ0v) is 19.1. The van der Waals surface area contributed by atoms with E-state index in [4.69, 9.17) is 27.6 Å². The van der Waals surface area contributed by atoms with Crippen molar-refractivity contribution in [2.75, 3.05) is 0 Å². The number of aromatic nitrogens is 2. The van der Waals surface area contributed by atoms with E-state index in [1.807, 2.05) is 18.2 Å². The summed E-state index contributed by atoms with van der Waals surface area (Å²) < 4.78 is 35.2. The normalized spacial score (nSPS) is 11.5. The molecule has 0 saturated carbocycles. The van der Waals surface area contributed by atoms with Crippen LogP contribution in [0.2, 0.25) is 0 Å². The molecule has 0 aliphatic carbocycles. The van der Waals surface area contributed by atoms with Crippen molar-refractivity contribution in [3.05, 3.63) is 64.8 Å². The molecule has 0 fully saturated rings. The number of carbonyl (C=O) groups is 1. The minimum atomic E-state index is -4.67. The number of para-hydroxylation sites is 2. The molecule has 0 unspecified atom stereocenters. The van der Waals surface area contributed by atoms with Crippen LogP contribution in [0.1, 0.15) is 36.2 Å². The molecule has 4 rings (SSSR count). The van der Waals surface area contributed by atoms with Gasteiger partial charge in [0, 0.05) is 22.9 Å². The first-order chi connectivity index (χ1) is 15.1. The van der Waals surface area contributed by atoms with Gasteiger partial charge in [0.1, 0.15) is 5.82 Å². The second kappa shape index (κ2) is 10.2. The fourth-order valence-corrected chi connectivity index (χ4v) is 4.71. The molecule has 170 valence electrons. The lowest BCUT2D eigenvalue weighted by molar-refractivity contribution is -0.137. The topological polar surface area (TPSA) is 130 Å². The van der Waals surface area contributed by atoms with Crippen molar-refractivity contribution in [3.8, 4) is 0 Å². The lowest BCUT2D eigenvalue weighted by atomic mass is 10.1. The molecule has 0 saturated heterocycles. The molecule has 32 heavy (non-hydrogen) atoms. The number of thiophene rings is 1. The van der Waals surface area contributed by atoms with Gasteiger partial charge in [0.15, 0.2) is 0 Å². The molecule has 0 bridgehead atoms. The number of hydrogen-bond acceptors (Lipinski definition) is 5. The van der Waals surface area contributed by atoms with Crippen molar-refractivity contribution < 1.29 is 27.4 Å². The average molecular weight is 477 g/mol. The Labute approximate surface area is 189 Å². The molecular formula is C22H24N2O6S2. The van der Waals surface area contributed by atoms with Gasteiger partial charge in [0.2, 0.25) is 0 Å². The maximum atomic E-state index is 10.8. The number of carboxylic acid groups (broad SMARTS) is 1. The number of nitrogens with zero attached hydrogens (tertiary/aromatic N) is 2. The minimum absolute atomic E-state index is 0.217. The van der Waals surface area contributed by atoms with Crippen molar-refractivity contribution in [1.82, 2.24) is 9.55 Å². The molecule has 0 amide bonds. The molecule has 0 aliphatic rings. The van der Waals surface area contributed by atoms with Gasteiger partial charge in [-0.25, -0.2) is 4.98 Å². The number of aliphatic carboxylic acids is 1. The van der Waals surface area contributed by atoms with Crippen molar-refractivity contribution >= 4 is 48.8 Å². The first-order valence-electron chi connectivity index (χ1n) is 9.95. The molecule has 8 nitrogen and oxygen atoms in total. The van der Waals surface area contributed by atoms with Crippen LogP contribution in [-0.4, -0.2) is 38.2 Å². The van der Waals surface area contributed by atoms with E-state index in [2.05, 4.69) is 41.1 Å². The van der Waals surface area contributed by atoms with Gasteiger partial charge in [0.05, 0.1) is 17.6 Å². The number of hydrogen-bond donors (Lipinski definition) is 3. The number of imidazole rings is 1. The monoisotopic (exact) mass is 476 g/mol. The highest BCUT2D eigenvalue weighted by Gasteiger charge is 2.14. The molecule has 3 N–H and O–H groups in total. The van der Waals surface area contributed by atoms with Crippen molar-refractivity contribution in [1.29, 1.82) is 0 Å². The van der Waals surface area contributed by atoms with Gasteiger partial charge in [-0.2, -0.15) is 8.42 Å². The Kier molecular flexibility index (Phi) is 7.62. The molecule has 10 heteroatoms. The van der Waals surface area contributed by atoms with Crippen molar-refractivity contribution in [3.63, 3.8) is 0 Å². The minimum Gasteiger partial charge on any atom is -0.481 e. The fourth-order valence-electron chi connectivity index (χ4n) is 3.68.